The van der Waals surface area contributed by atoms with E-state index in [4.69, 9.17) is 17.3 Å². The van der Waals surface area contributed by atoms with Crippen molar-refractivity contribution >= 4 is 41.5 Å². The molecular formula is C15H24ClIN4. The zero-order valence-corrected chi connectivity index (χ0v) is 15.3. The highest BCUT2D eigenvalue weighted by molar-refractivity contribution is 14.0. The van der Waals surface area contributed by atoms with Crippen molar-refractivity contribution in [1.29, 1.82) is 0 Å². The summed E-state index contributed by atoms with van der Waals surface area (Å²) in [5, 5.41) is 3.87. The van der Waals surface area contributed by atoms with E-state index in [9.17, 15) is 0 Å². The summed E-state index contributed by atoms with van der Waals surface area (Å²) >= 11 is 5.75. The summed E-state index contributed by atoms with van der Waals surface area (Å²) in [6.07, 6.45) is 10.3. The molecule has 4 nitrogen and oxygen atoms in total. The molecule has 0 radical (unpaired) electrons. The van der Waals surface area contributed by atoms with E-state index in [1.165, 1.54) is 38.5 Å². The Morgan fingerprint density at radius 2 is 2.00 bits per heavy atom. The van der Waals surface area contributed by atoms with Gasteiger partial charge in [-0.3, -0.25) is 4.99 Å². The Hall–Kier alpha value is -0.560. The van der Waals surface area contributed by atoms with Crippen molar-refractivity contribution in [2.24, 2.45) is 10.7 Å². The van der Waals surface area contributed by atoms with Crippen molar-refractivity contribution in [3.05, 3.63) is 29.0 Å². The molecule has 0 aliphatic heterocycles. The van der Waals surface area contributed by atoms with Crippen LogP contribution in [0.5, 0.6) is 0 Å². The minimum atomic E-state index is 0. The maximum absolute atomic E-state index is 5.95. The van der Waals surface area contributed by atoms with Crippen molar-refractivity contribution in [3.63, 3.8) is 0 Å². The van der Waals surface area contributed by atoms with E-state index in [0.717, 1.165) is 12.0 Å². The van der Waals surface area contributed by atoms with Gasteiger partial charge in [-0.25, -0.2) is 4.98 Å². The van der Waals surface area contributed by atoms with Crippen LogP contribution in [0.3, 0.4) is 0 Å². The predicted octanol–water partition coefficient (Wildman–Crippen LogP) is 3.52. The molecule has 0 atom stereocenters. The summed E-state index contributed by atoms with van der Waals surface area (Å²) < 4.78 is 0. The van der Waals surface area contributed by atoms with Crippen LogP contribution >= 0.6 is 35.6 Å². The lowest BCUT2D eigenvalue weighted by molar-refractivity contribution is 0.530. The quantitative estimate of drug-likeness (QED) is 0.256. The Morgan fingerprint density at radius 3 is 2.62 bits per heavy atom. The third kappa shape index (κ3) is 7.31. The van der Waals surface area contributed by atoms with Gasteiger partial charge in [0, 0.05) is 18.8 Å². The molecule has 3 N–H and O–H groups in total. The van der Waals surface area contributed by atoms with Gasteiger partial charge >= 0.3 is 0 Å². The third-order valence-corrected chi connectivity index (χ3v) is 3.90. The average Bonchev–Trinajstić information content (AvgIpc) is 2.70. The van der Waals surface area contributed by atoms with Crippen LogP contribution in [0.2, 0.25) is 5.15 Å². The molecule has 1 fully saturated rings. The Labute approximate surface area is 149 Å². The number of aliphatic imine (C=N–C) groups is 1. The molecule has 0 saturated heterocycles. The van der Waals surface area contributed by atoms with E-state index < -0.39 is 0 Å². The van der Waals surface area contributed by atoms with E-state index in [2.05, 4.69) is 15.3 Å². The fraction of sp³-hybridized carbons (Fsp3) is 0.600. The van der Waals surface area contributed by atoms with Crippen molar-refractivity contribution in [3.8, 4) is 0 Å². The minimum Gasteiger partial charge on any atom is -0.370 e. The fourth-order valence-electron chi connectivity index (χ4n) is 2.54. The second-order valence-corrected chi connectivity index (χ2v) is 5.73. The monoisotopic (exact) mass is 422 g/mol. The number of halogens is 2. The molecule has 0 bridgehead atoms. The number of hydrogen-bond acceptors (Lipinski definition) is 2. The fourth-order valence-corrected chi connectivity index (χ4v) is 2.65. The van der Waals surface area contributed by atoms with Crippen LogP contribution in [0, 0.1) is 0 Å². The lowest BCUT2D eigenvalue weighted by Gasteiger charge is -2.16. The molecule has 1 aromatic heterocycles. The molecule has 1 heterocycles. The molecule has 118 valence electrons. The van der Waals surface area contributed by atoms with E-state index in [-0.39, 0.29) is 24.0 Å². The highest BCUT2D eigenvalue weighted by atomic mass is 127. The number of nitrogens with two attached hydrogens (primary N) is 1. The number of guanidine groups is 1. The number of aromatic nitrogens is 1. The number of nitrogens with zero attached hydrogens (tertiary/aromatic N) is 2. The Kier molecular flexibility index (Phi) is 8.99. The van der Waals surface area contributed by atoms with E-state index in [1.807, 2.05) is 6.07 Å². The SMILES string of the molecule is I.NC(=NCCc1ccc(Cl)nc1)NC1CCCCCC1. The maximum atomic E-state index is 5.95. The number of rotatable bonds is 4. The van der Waals surface area contributed by atoms with E-state index in [1.54, 1.807) is 12.3 Å². The summed E-state index contributed by atoms with van der Waals surface area (Å²) in [6.45, 7) is 0.675. The van der Waals surface area contributed by atoms with E-state index in [0.29, 0.717) is 23.7 Å². The first-order valence-corrected chi connectivity index (χ1v) is 7.79. The van der Waals surface area contributed by atoms with Crippen molar-refractivity contribution in [1.82, 2.24) is 10.3 Å². The summed E-state index contributed by atoms with van der Waals surface area (Å²) in [6, 6.07) is 4.27. The summed E-state index contributed by atoms with van der Waals surface area (Å²) in [4.78, 5) is 8.44. The lowest BCUT2D eigenvalue weighted by Crippen LogP contribution is -2.40. The van der Waals surface area contributed by atoms with Crippen LogP contribution < -0.4 is 11.1 Å². The Morgan fingerprint density at radius 1 is 1.29 bits per heavy atom. The van der Waals surface area contributed by atoms with Gasteiger partial charge in [0.05, 0.1) is 0 Å². The first kappa shape index (κ1) is 18.5. The summed E-state index contributed by atoms with van der Waals surface area (Å²) in [7, 11) is 0. The Balaban J connectivity index is 0.00000220. The molecule has 0 amide bonds. The van der Waals surface area contributed by atoms with Gasteiger partial charge in [-0.15, -0.1) is 24.0 Å². The molecule has 0 aromatic carbocycles. The van der Waals surface area contributed by atoms with Crippen molar-refractivity contribution < 1.29 is 0 Å². The largest absolute Gasteiger partial charge is 0.370 e. The topological polar surface area (TPSA) is 63.3 Å². The number of pyridine rings is 1. The van der Waals surface area contributed by atoms with Gasteiger partial charge in [-0.2, -0.15) is 0 Å². The zero-order chi connectivity index (χ0) is 14.2. The van der Waals surface area contributed by atoms with Crippen LogP contribution in [0.15, 0.2) is 23.3 Å². The van der Waals surface area contributed by atoms with Crippen molar-refractivity contribution in [2.45, 2.75) is 51.0 Å². The normalized spacial score (nSPS) is 16.9. The standard InChI is InChI=1S/C15H23ClN4.HI/c16-14-8-7-12(11-19-14)9-10-18-15(17)20-13-5-3-1-2-4-6-13;/h7-8,11,13H,1-6,9-10H2,(H3,17,18,20);1H. The van der Waals surface area contributed by atoms with Crippen LogP contribution in [-0.2, 0) is 6.42 Å². The second-order valence-electron chi connectivity index (χ2n) is 5.34. The van der Waals surface area contributed by atoms with E-state index >= 15 is 0 Å². The molecule has 21 heavy (non-hydrogen) atoms. The van der Waals surface area contributed by atoms with Gasteiger partial charge in [-0.05, 0) is 30.9 Å². The molecule has 1 aromatic rings. The molecule has 2 rings (SSSR count). The van der Waals surface area contributed by atoms with Gasteiger partial charge in [-0.1, -0.05) is 43.4 Å². The van der Waals surface area contributed by atoms with Gasteiger partial charge in [0.2, 0.25) is 0 Å². The van der Waals surface area contributed by atoms with Crippen LogP contribution in [0.25, 0.3) is 0 Å². The maximum Gasteiger partial charge on any atom is 0.188 e. The van der Waals surface area contributed by atoms with Crippen molar-refractivity contribution in [2.75, 3.05) is 6.54 Å². The van der Waals surface area contributed by atoms with Crippen LogP contribution in [-0.4, -0.2) is 23.5 Å². The lowest BCUT2D eigenvalue weighted by atomic mass is 10.1. The van der Waals surface area contributed by atoms with Gasteiger partial charge in [0.1, 0.15) is 5.15 Å². The summed E-state index contributed by atoms with van der Waals surface area (Å²) in [5.41, 5.74) is 7.07. The molecule has 1 saturated carbocycles. The summed E-state index contributed by atoms with van der Waals surface area (Å²) in [5.74, 6) is 0.568. The second kappa shape index (κ2) is 10.2. The minimum absolute atomic E-state index is 0. The zero-order valence-electron chi connectivity index (χ0n) is 12.2. The number of hydrogen-bond donors (Lipinski definition) is 2. The van der Waals surface area contributed by atoms with Gasteiger partial charge in [0.15, 0.2) is 5.96 Å². The highest BCUT2D eigenvalue weighted by Crippen LogP contribution is 2.16. The van der Waals surface area contributed by atoms with Crippen LogP contribution in [0.4, 0.5) is 0 Å². The molecule has 0 unspecified atom stereocenters. The van der Waals surface area contributed by atoms with Gasteiger partial charge in [0.25, 0.3) is 0 Å². The molecule has 6 heteroatoms. The van der Waals surface area contributed by atoms with Crippen LogP contribution in [0.1, 0.15) is 44.1 Å². The molecule has 1 aliphatic rings. The molecule has 1 aliphatic carbocycles. The molecule has 0 spiro atoms. The third-order valence-electron chi connectivity index (χ3n) is 3.68. The number of nitrogens with one attached hydrogen (secondary N) is 1. The Bertz CT molecular complexity index is 428. The predicted molar refractivity (Wildman–Crippen MR) is 99.5 cm³/mol. The first-order valence-electron chi connectivity index (χ1n) is 7.41. The smallest absolute Gasteiger partial charge is 0.188 e. The molecular weight excluding hydrogens is 399 g/mol. The highest BCUT2D eigenvalue weighted by Gasteiger charge is 2.11. The average molecular weight is 423 g/mol. The van der Waals surface area contributed by atoms with Gasteiger partial charge < -0.3 is 11.1 Å². The first-order chi connectivity index (χ1) is 9.74.